The first-order valence-corrected chi connectivity index (χ1v) is 9.06. The summed E-state index contributed by atoms with van der Waals surface area (Å²) in [5.41, 5.74) is 4.54. The summed E-state index contributed by atoms with van der Waals surface area (Å²) in [6, 6.07) is 18.1. The Morgan fingerprint density at radius 3 is 2.43 bits per heavy atom. The molecule has 30 heavy (non-hydrogen) atoms. The molecule has 0 aromatic heterocycles. The van der Waals surface area contributed by atoms with Gasteiger partial charge in [-0.3, -0.25) is 4.79 Å². The van der Waals surface area contributed by atoms with Crippen molar-refractivity contribution in [2.45, 2.75) is 6.92 Å². The molecular formula is C23H20N2O5. The van der Waals surface area contributed by atoms with Crippen molar-refractivity contribution >= 4 is 18.1 Å². The largest absolute Gasteiger partial charge is 0.507 e. The van der Waals surface area contributed by atoms with E-state index < -0.39 is 11.9 Å². The molecule has 3 aromatic carbocycles. The highest BCUT2D eigenvalue weighted by Crippen LogP contribution is 2.28. The van der Waals surface area contributed by atoms with E-state index in [1.165, 1.54) is 25.5 Å². The van der Waals surface area contributed by atoms with Crippen molar-refractivity contribution in [3.8, 4) is 17.2 Å². The second-order valence-electron chi connectivity index (χ2n) is 6.38. The number of para-hydroxylation sites is 1. The van der Waals surface area contributed by atoms with Crippen molar-refractivity contribution in [1.82, 2.24) is 5.43 Å². The van der Waals surface area contributed by atoms with E-state index >= 15 is 0 Å². The van der Waals surface area contributed by atoms with Gasteiger partial charge in [-0.15, -0.1) is 0 Å². The standard InChI is InChI=1S/C23H20N2O5/c1-15-7-10-17(11-8-15)23(28)30-20-12-9-16(13-21(20)29-2)14-24-25-22(27)18-5-3-4-6-19(18)26/h3-14,26H,1-2H3,(H,25,27)/b24-14+. The maximum absolute atomic E-state index is 12.3. The number of aryl methyl sites for hydroxylation is 1. The van der Waals surface area contributed by atoms with Crippen LogP contribution in [-0.2, 0) is 0 Å². The van der Waals surface area contributed by atoms with Gasteiger partial charge in [0.1, 0.15) is 5.75 Å². The number of methoxy groups -OCH3 is 1. The smallest absolute Gasteiger partial charge is 0.343 e. The molecule has 0 saturated carbocycles. The molecule has 0 aliphatic carbocycles. The summed E-state index contributed by atoms with van der Waals surface area (Å²) in [6.45, 7) is 1.93. The highest BCUT2D eigenvalue weighted by atomic mass is 16.6. The number of hydrazone groups is 1. The van der Waals surface area contributed by atoms with Crippen molar-refractivity contribution in [2.75, 3.05) is 7.11 Å². The summed E-state index contributed by atoms with van der Waals surface area (Å²) in [5, 5.41) is 13.6. The second kappa shape index (κ2) is 9.38. The van der Waals surface area contributed by atoms with Crippen LogP contribution in [0.15, 0.2) is 71.8 Å². The molecule has 0 atom stereocenters. The molecule has 0 saturated heterocycles. The van der Waals surface area contributed by atoms with E-state index in [-0.39, 0.29) is 17.1 Å². The van der Waals surface area contributed by atoms with Gasteiger partial charge in [-0.2, -0.15) is 5.10 Å². The number of nitrogens with zero attached hydrogens (tertiary/aromatic N) is 1. The van der Waals surface area contributed by atoms with Gasteiger partial charge in [0.2, 0.25) is 0 Å². The molecule has 3 aromatic rings. The Bertz CT molecular complexity index is 1090. The summed E-state index contributed by atoms with van der Waals surface area (Å²) in [5.74, 6) is -0.568. The molecule has 3 rings (SSSR count). The van der Waals surface area contributed by atoms with Gasteiger partial charge >= 0.3 is 5.97 Å². The van der Waals surface area contributed by atoms with Crippen LogP contribution in [0.25, 0.3) is 0 Å². The third kappa shape index (κ3) is 5.02. The van der Waals surface area contributed by atoms with E-state index in [0.29, 0.717) is 16.9 Å². The van der Waals surface area contributed by atoms with Gasteiger partial charge in [0, 0.05) is 0 Å². The summed E-state index contributed by atoms with van der Waals surface area (Å²) in [4.78, 5) is 24.4. The third-order valence-electron chi connectivity index (χ3n) is 4.21. The van der Waals surface area contributed by atoms with Crippen LogP contribution in [0.2, 0.25) is 0 Å². The molecule has 0 heterocycles. The van der Waals surface area contributed by atoms with Crippen LogP contribution in [0, 0.1) is 6.92 Å². The number of carbonyl (C=O) groups excluding carboxylic acids is 2. The first-order chi connectivity index (χ1) is 14.5. The summed E-state index contributed by atoms with van der Waals surface area (Å²) >= 11 is 0. The average Bonchev–Trinajstić information content (AvgIpc) is 2.75. The van der Waals surface area contributed by atoms with Gasteiger partial charge in [0.15, 0.2) is 11.5 Å². The minimum Gasteiger partial charge on any atom is -0.507 e. The fourth-order valence-electron chi connectivity index (χ4n) is 2.59. The second-order valence-corrected chi connectivity index (χ2v) is 6.38. The fraction of sp³-hybridized carbons (Fsp3) is 0.0870. The zero-order chi connectivity index (χ0) is 21.5. The lowest BCUT2D eigenvalue weighted by Gasteiger charge is -2.10. The maximum atomic E-state index is 12.3. The van der Waals surface area contributed by atoms with Crippen molar-refractivity contribution in [3.63, 3.8) is 0 Å². The van der Waals surface area contributed by atoms with Gasteiger partial charge < -0.3 is 14.6 Å². The number of carbonyl (C=O) groups is 2. The van der Waals surface area contributed by atoms with Gasteiger partial charge in [0.05, 0.1) is 24.5 Å². The van der Waals surface area contributed by atoms with E-state index in [1.807, 2.05) is 19.1 Å². The minimum atomic E-state index is -0.542. The predicted molar refractivity (Wildman–Crippen MR) is 112 cm³/mol. The Balaban J connectivity index is 1.68. The van der Waals surface area contributed by atoms with Crippen LogP contribution in [0.3, 0.4) is 0 Å². The molecule has 0 fully saturated rings. The van der Waals surface area contributed by atoms with E-state index in [2.05, 4.69) is 10.5 Å². The number of aromatic hydroxyl groups is 1. The summed E-state index contributed by atoms with van der Waals surface area (Å²) < 4.78 is 10.7. The molecule has 0 spiro atoms. The zero-order valence-corrected chi connectivity index (χ0v) is 16.5. The van der Waals surface area contributed by atoms with Gasteiger partial charge in [-0.05, 0) is 55.0 Å². The summed E-state index contributed by atoms with van der Waals surface area (Å²) in [6.07, 6.45) is 1.41. The van der Waals surface area contributed by atoms with E-state index in [4.69, 9.17) is 9.47 Å². The number of rotatable bonds is 6. The van der Waals surface area contributed by atoms with E-state index in [9.17, 15) is 14.7 Å². The Kier molecular flexibility index (Phi) is 6.44. The van der Waals surface area contributed by atoms with Gasteiger partial charge in [-0.25, -0.2) is 10.2 Å². The topological polar surface area (TPSA) is 97.2 Å². The van der Waals surface area contributed by atoms with Gasteiger partial charge in [0.25, 0.3) is 5.91 Å². The van der Waals surface area contributed by atoms with Crippen LogP contribution in [0.5, 0.6) is 17.2 Å². The first-order valence-electron chi connectivity index (χ1n) is 9.06. The molecule has 1 amide bonds. The molecule has 0 radical (unpaired) electrons. The number of phenols is 1. The number of hydrogen-bond donors (Lipinski definition) is 2. The van der Waals surface area contributed by atoms with Crippen LogP contribution in [-0.4, -0.2) is 30.3 Å². The number of amides is 1. The molecule has 7 nitrogen and oxygen atoms in total. The van der Waals surface area contributed by atoms with Crippen LogP contribution < -0.4 is 14.9 Å². The molecule has 0 aliphatic heterocycles. The Morgan fingerprint density at radius 1 is 1.00 bits per heavy atom. The number of hydrogen-bond acceptors (Lipinski definition) is 6. The minimum absolute atomic E-state index is 0.116. The molecular weight excluding hydrogens is 384 g/mol. The van der Waals surface area contributed by atoms with Crippen molar-refractivity contribution < 1.29 is 24.2 Å². The van der Waals surface area contributed by atoms with Crippen molar-refractivity contribution in [3.05, 3.63) is 89.0 Å². The molecule has 2 N–H and O–H groups in total. The zero-order valence-electron chi connectivity index (χ0n) is 16.5. The highest BCUT2D eigenvalue weighted by Gasteiger charge is 2.13. The molecule has 0 bridgehead atoms. The molecule has 7 heteroatoms. The fourth-order valence-corrected chi connectivity index (χ4v) is 2.59. The Hall–Kier alpha value is -4.13. The van der Waals surface area contributed by atoms with Crippen LogP contribution in [0.4, 0.5) is 0 Å². The van der Waals surface area contributed by atoms with Crippen LogP contribution in [0.1, 0.15) is 31.8 Å². The molecule has 152 valence electrons. The quantitative estimate of drug-likeness (QED) is 0.283. The van der Waals surface area contributed by atoms with Crippen LogP contribution >= 0.6 is 0 Å². The first kappa shape index (κ1) is 20.6. The maximum Gasteiger partial charge on any atom is 0.343 e. The van der Waals surface area contributed by atoms with Crippen molar-refractivity contribution in [1.29, 1.82) is 0 Å². The average molecular weight is 404 g/mol. The summed E-state index contributed by atoms with van der Waals surface area (Å²) in [7, 11) is 1.46. The highest BCUT2D eigenvalue weighted by molar-refractivity contribution is 5.97. The lowest BCUT2D eigenvalue weighted by atomic mass is 10.1. The number of esters is 1. The van der Waals surface area contributed by atoms with E-state index in [0.717, 1.165) is 5.56 Å². The molecule has 0 unspecified atom stereocenters. The number of ether oxygens (including phenoxy) is 2. The lowest BCUT2D eigenvalue weighted by molar-refractivity contribution is 0.0729. The number of nitrogens with one attached hydrogen (secondary N) is 1. The molecule has 0 aliphatic rings. The third-order valence-corrected chi connectivity index (χ3v) is 4.21. The lowest BCUT2D eigenvalue weighted by Crippen LogP contribution is -2.17. The number of phenolic OH excluding ortho intramolecular Hbond substituents is 1. The van der Waals surface area contributed by atoms with E-state index in [1.54, 1.807) is 42.5 Å². The Morgan fingerprint density at radius 2 is 1.73 bits per heavy atom. The normalized spacial score (nSPS) is 10.6. The van der Waals surface area contributed by atoms with Crippen molar-refractivity contribution in [2.24, 2.45) is 5.10 Å². The SMILES string of the molecule is COc1cc(/C=N/NC(=O)c2ccccc2O)ccc1OC(=O)c1ccc(C)cc1. The number of benzene rings is 3. The Labute approximate surface area is 173 Å². The monoisotopic (exact) mass is 404 g/mol. The predicted octanol–water partition coefficient (Wildman–Crippen LogP) is 3.69. The van der Waals surface area contributed by atoms with Gasteiger partial charge in [-0.1, -0.05) is 29.8 Å².